The van der Waals surface area contributed by atoms with Gasteiger partial charge in [0, 0.05) is 5.56 Å². The molecule has 0 radical (unpaired) electrons. The summed E-state index contributed by atoms with van der Waals surface area (Å²) in [5, 5.41) is 0. The Morgan fingerprint density at radius 1 is 1.30 bits per heavy atom. The molecule has 1 aromatic carbocycles. The largest absolute Gasteiger partial charge is 0.496 e. The van der Waals surface area contributed by atoms with Crippen molar-refractivity contribution in [1.82, 2.24) is 0 Å². The Kier molecular flexibility index (Phi) is 4.87. The summed E-state index contributed by atoms with van der Waals surface area (Å²) >= 11 is 0. The van der Waals surface area contributed by atoms with E-state index in [1.807, 2.05) is 0 Å². The van der Waals surface area contributed by atoms with Crippen LogP contribution in [-0.4, -0.2) is 25.5 Å². The van der Waals surface area contributed by atoms with E-state index >= 15 is 0 Å². The minimum atomic E-state index is -1.69. The molecule has 0 saturated carbocycles. The van der Waals surface area contributed by atoms with E-state index in [-0.39, 0.29) is 23.5 Å². The number of methoxy groups -OCH3 is 1. The van der Waals surface area contributed by atoms with Crippen LogP contribution >= 0.6 is 0 Å². The van der Waals surface area contributed by atoms with Crippen molar-refractivity contribution in [2.45, 2.75) is 33.4 Å². The molecule has 0 aliphatic carbocycles. The second-order valence-electron chi connectivity index (χ2n) is 4.86. The van der Waals surface area contributed by atoms with Crippen LogP contribution in [-0.2, 0) is 15.2 Å². The maximum absolute atomic E-state index is 14.2. The molecule has 0 amide bonds. The first-order valence-corrected chi connectivity index (χ1v) is 6.32. The molecule has 0 unspecified atom stereocenters. The van der Waals surface area contributed by atoms with Crippen LogP contribution < -0.4 is 4.74 Å². The van der Waals surface area contributed by atoms with Crippen LogP contribution in [0.1, 0.15) is 42.3 Å². The van der Waals surface area contributed by atoms with Crippen molar-refractivity contribution < 1.29 is 23.5 Å². The highest BCUT2D eigenvalue weighted by Crippen LogP contribution is 2.37. The predicted molar refractivity (Wildman–Crippen MR) is 72.8 cm³/mol. The highest BCUT2D eigenvalue weighted by molar-refractivity contribution is 6.41. The van der Waals surface area contributed by atoms with Crippen LogP contribution in [0.2, 0.25) is 0 Å². The molecule has 1 aromatic rings. The van der Waals surface area contributed by atoms with Gasteiger partial charge >= 0.3 is 5.97 Å². The fourth-order valence-electron chi connectivity index (χ4n) is 1.94. The van der Waals surface area contributed by atoms with E-state index in [1.54, 1.807) is 26.0 Å². The van der Waals surface area contributed by atoms with Crippen molar-refractivity contribution in [1.29, 1.82) is 0 Å². The number of esters is 1. The quantitative estimate of drug-likeness (QED) is 0.473. The molecule has 0 bridgehead atoms. The van der Waals surface area contributed by atoms with E-state index in [0.717, 1.165) is 0 Å². The van der Waals surface area contributed by atoms with E-state index in [9.17, 15) is 14.0 Å². The molecule has 0 atom stereocenters. The van der Waals surface area contributed by atoms with E-state index in [0.29, 0.717) is 5.56 Å². The Labute approximate surface area is 117 Å². The number of aryl methyl sites for hydroxylation is 1. The number of halogens is 1. The molecule has 20 heavy (non-hydrogen) atoms. The maximum atomic E-state index is 14.2. The molecular formula is C15H19FO4. The molecular weight excluding hydrogens is 263 g/mol. The zero-order chi connectivity index (χ0) is 15.5. The highest BCUT2D eigenvalue weighted by atomic mass is 19.1. The van der Waals surface area contributed by atoms with Gasteiger partial charge in [0.2, 0.25) is 0 Å². The Balaban J connectivity index is 3.46. The lowest BCUT2D eigenvalue weighted by Crippen LogP contribution is -2.21. The van der Waals surface area contributed by atoms with Crippen molar-refractivity contribution in [2.75, 3.05) is 13.7 Å². The van der Waals surface area contributed by atoms with Gasteiger partial charge in [0.15, 0.2) is 0 Å². The lowest BCUT2D eigenvalue weighted by Gasteiger charge is -2.21. The summed E-state index contributed by atoms with van der Waals surface area (Å²) in [5.41, 5.74) is -0.886. The third kappa shape index (κ3) is 3.15. The van der Waals surface area contributed by atoms with Crippen LogP contribution in [0.3, 0.4) is 0 Å². The van der Waals surface area contributed by atoms with E-state index < -0.39 is 17.4 Å². The molecule has 110 valence electrons. The maximum Gasteiger partial charge on any atom is 0.379 e. The average molecular weight is 282 g/mol. The summed E-state index contributed by atoms with van der Waals surface area (Å²) < 4.78 is 24.1. The topological polar surface area (TPSA) is 52.6 Å². The zero-order valence-corrected chi connectivity index (χ0v) is 12.4. The molecule has 0 aliphatic rings. The standard InChI is InChI=1S/C15H19FO4/c1-6-20-14(18)12(17)11-9(2)7-8-10(13(11)19-5)15(3,4)16/h7-8H,6H2,1-5H3. The molecule has 5 heteroatoms. The first kappa shape index (κ1) is 16.1. The van der Waals surface area contributed by atoms with Crippen molar-refractivity contribution >= 4 is 11.8 Å². The number of ketones is 1. The molecule has 1 rings (SSSR count). The van der Waals surface area contributed by atoms with Crippen molar-refractivity contribution in [2.24, 2.45) is 0 Å². The molecule has 0 heterocycles. The third-order valence-corrected chi connectivity index (χ3v) is 2.90. The van der Waals surface area contributed by atoms with Gasteiger partial charge < -0.3 is 9.47 Å². The first-order chi connectivity index (χ1) is 9.23. The summed E-state index contributed by atoms with van der Waals surface area (Å²) in [6.45, 7) is 6.08. The molecule has 0 aromatic heterocycles. The van der Waals surface area contributed by atoms with Gasteiger partial charge in [-0.1, -0.05) is 12.1 Å². The van der Waals surface area contributed by atoms with Gasteiger partial charge in [-0.15, -0.1) is 0 Å². The fraction of sp³-hybridized carbons (Fsp3) is 0.467. The van der Waals surface area contributed by atoms with Gasteiger partial charge in [0.1, 0.15) is 11.4 Å². The van der Waals surface area contributed by atoms with E-state index in [2.05, 4.69) is 0 Å². The smallest absolute Gasteiger partial charge is 0.379 e. The number of alkyl halides is 1. The highest BCUT2D eigenvalue weighted by Gasteiger charge is 2.31. The molecule has 0 fully saturated rings. The number of hydrogen-bond acceptors (Lipinski definition) is 4. The number of carbonyl (C=O) groups excluding carboxylic acids is 2. The van der Waals surface area contributed by atoms with Crippen LogP contribution in [0.5, 0.6) is 5.75 Å². The first-order valence-electron chi connectivity index (χ1n) is 6.32. The summed E-state index contributed by atoms with van der Waals surface area (Å²) in [6, 6.07) is 3.14. The third-order valence-electron chi connectivity index (χ3n) is 2.90. The number of benzene rings is 1. The summed E-state index contributed by atoms with van der Waals surface area (Å²) in [5.74, 6) is -1.72. The Morgan fingerprint density at radius 3 is 2.35 bits per heavy atom. The van der Waals surface area contributed by atoms with E-state index in [1.165, 1.54) is 21.0 Å². The monoisotopic (exact) mass is 282 g/mol. The zero-order valence-electron chi connectivity index (χ0n) is 12.4. The molecule has 0 saturated heterocycles. The van der Waals surface area contributed by atoms with Gasteiger partial charge in [0.05, 0.1) is 19.3 Å². The lowest BCUT2D eigenvalue weighted by molar-refractivity contribution is -0.137. The number of carbonyl (C=O) groups is 2. The SMILES string of the molecule is CCOC(=O)C(=O)c1c(C)ccc(C(C)(C)F)c1OC. The predicted octanol–water partition coefficient (Wildman–Crippen LogP) is 2.95. The molecule has 0 spiro atoms. The number of Topliss-reactive ketones (excluding diaryl/α,β-unsaturated/α-hetero) is 1. The van der Waals surface area contributed by atoms with Crippen LogP contribution in [0.25, 0.3) is 0 Å². The molecule has 4 nitrogen and oxygen atoms in total. The van der Waals surface area contributed by atoms with Gasteiger partial charge in [-0.25, -0.2) is 9.18 Å². The van der Waals surface area contributed by atoms with Gasteiger partial charge in [0.25, 0.3) is 5.78 Å². The second kappa shape index (κ2) is 6.03. The average Bonchev–Trinajstić information content (AvgIpc) is 2.36. The van der Waals surface area contributed by atoms with E-state index in [4.69, 9.17) is 9.47 Å². The summed E-state index contributed by atoms with van der Waals surface area (Å²) in [4.78, 5) is 23.7. The molecule has 0 N–H and O–H groups in total. The van der Waals surface area contributed by atoms with Gasteiger partial charge in [-0.05, 0) is 33.3 Å². The summed E-state index contributed by atoms with van der Waals surface area (Å²) in [7, 11) is 1.34. The molecule has 0 aliphatic heterocycles. The van der Waals surface area contributed by atoms with Crippen molar-refractivity contribution in [3.8, 4) is 5.75 Å². The number of hydrogen-bond donors (Lipinski definition) is 0. The number of ether oxygens (including phenoxy) is 2. The second-order valence-corrected chi connectivity index (χ2v) is 4.86. The van der Waals surface area contributed by atoms with Crippen LogP contribution in [0, 0.1) is 6.92 Å². The van der Waals surface area contributed by atoms with Crippen molar-refractivity contribution in [3.63, 3.8) is 0 Å². The van der Waals surface area contributed by atoms with Crippen molar-refractivity contribution in [3.05, 3.63) is 28.8 Å². The van der Waals surface area contributed by atoms with Gasteiger partial charge in [-0.3, -0.25) is 4.79 Å². The van der Waals surface area contributed by atoms with Gasteiger partial charge in [-0.2, -0.15) is 0 Å². The Hall–Kier alpha value is -1.91. The normalized spacial score (nSPS) is 11.1. The Morgan fingerprint density at radius 2 is 1.90 bits per heavy atom. The lowest BCUT2D eigenvalue weighted by atomic mass is 9.92. The fourth-order valence-corrected chi connectivity index (χ4v) is 1.94. The minimum Gasteiger partial charge on any atom is -0.496 e. The minimum absolute atomic E-state index is 0.0502. The van der Waals surface area contributed by atoms with Crippen LogP contribution in [0.4, 0.5) is 4.39 Å². The Bertz CT molecular complexity index is 529. The number of rotatable bonds is 5. The summed E-state index contributed by atoms with van der Waals surface area (Å²) in [6.07, 6.45) is 0. The van der Waals surface area contributed by atoms with Crippen LogP contribution in [0.15, 0.2) is 12.1 Å².